The normalized spacial score (nSPS) is 10.2. The van der Waals surface area contributed by atoms with E-state index in [1.807, 2.05) is 0 Å². The fraction of sp³-hybridized carbons (Fsp3) is 0.200. The highest BCUT2D eigenvalue weighted by Gasteiger charge is 2.16. The lowest BCUT2D eigenvalue weighted by Gasteiger charge is -2.22. The van der Waals surface area contributed by atoms with Gasteiger partial charge in [-0.05, 0) is 23.8 Å². The molecule has 1 heterocycles. The predicted molar refractivity (Wildman–Crippen MR) is 79.1 cm³/mol. The summed E-state index contributed by atoms with van der Waals surface area (Å²) in [5, 5.41) is 0. The minimum atomic E-state index is -0.320. The fourth-order valence-electron chi connectivity index (χ4n) is 1.85. The predicted octanol–water partition coefficient (Wildman–Crippen LogP) is 3.00. The molecule has 2 aromatic rings. The molecule has 0 spiro atoms. The van der Waals surface area contributed by atoms with E-state index in [0.717, 1.165) is 5.56 Å². The molecule has 1 amide bonds. The fourth-order valence-corrected chi connectivity index (χ4v) is 1.99. The molecule has 0 bridgehead atoms. The van der Waals surface area contributed by atoms with Gasteiger partial charge in [0.25, 0.3) is 0 Å². The van der Waals surface area contributed by atoms with E-state index in [0.29, 0.717) is 18.1 Å². The Morgan fingerprint density at radius 3 is 2.67 bits per heavy atom. The number of rotatable bonds is 5. The zero-order valence-corrected chi connectivity index (χ0v) is 12.2. The van der Waals surface area contributed by atoms with Crippen molar-refractivity contribution < 1.29 is 13.9 Å². The summed E-state index contributed by atoms with van der Waals surface area (Å²) in [7, 11) is 1.50. The van der Waals surface area contributed by atoms with Crippen molar-refractivity contribution in [1.29, 1.82) is 0 Å². The van der Waals surface area contributed by atoms with Crippen LogP contribution in [0.4, 0.5) is 10.1 Å². The molecule has 0 saturated carbocycles. The van der Waals surface area contributed by atoms with Crippen LogP contribution in [0.1, 0.15) is 5.56 Å². The quantitative estimate of drug-likeness (QED) is 0.797. The van der Waals surface area contributed by atoms with Crippen LogP contribution in [0.15, 0.2) is 42.6 Å². The Kier molecular flexibility index (Phi) is 5.11. The molecule has 0 aliphatic rings. The summed E-state index contributed by atoms with van der Waals surface area (Å²) in [5.41, 5.74) is 1.42. The van der Waals surface area contributed by atoms with Crippen LogP contribution in [-0.2, 0) is 11.3 Å². The molecule has 110 valence electrons. The van der Waals surface area contributed by atoms with Crippen LogP contribution >= 0.6 is 11.6 Å². The molecule has 0 aliphatic heterocycles. The molecular formula is C15H14ClFN2O2. The van der Waals surface area contributed by atoms with Crippen molar-refractivity contribution in [1.82, 2.24) is 4.98 Å². The zero-order chi connectivity index (χ0) is 15.2. The standard InChI is InChI=1S/C15H14ClFN2O2/c1-21-14-8-13(6-7-18-14)19(15(20)9-16)10-11-2-4-12(17)5-3-11/h2-8H,9-10H2,1H3. The number of methoxy groups -OCH3 is 1. The van der Waals surface area contributed by atoms with Gasteiger partial charge >= 0.3 is 0 Å². The number of ether oxygens (including phenoxy) is 1. The molecule has 0 saturated heterocycles. The van der Waals surface area contributed by atoms with Crippen molar-refractivity contribution in [3.05, 3.63) is 54.0 Å². The number of hydrogen-bond acceptors (Lipinski definition) is 3. The Morgan fingerprint density at radius 1 is 1.33 bits per heavy atom. The van der Waals surface area contributed by atoms with Crippen molar-refractivity contribution in [3.63, 3.8) is 0 Å². The van der Waals surface area contributed by atoms with Gasteiger partial charge in [0, 0.05) is 12.3 Å². The molecule has 2 rings (SSSR count). The lowest BCUT2D eigenvalue weighted by atomic mass is 10.2. The van der Waals surface area contributed by atoms with Crippen LogP contribution in [-0.4, -0.2) is 23.9 Å². The first-order chi connectivity index (χ1) is 10.1. The molecule has 6 heteroatoms. The first kappa shape index (κ1) is 15.3. The number of halogens is 2. The molecule has 0 unspecified atom stereocenters. The van der Waals surface area contributed by atoms with Gasteiger partial charge in [-0.1, -0.05) is 12.1 Å². The number of benzene rings is 1. The van der Waals surface area contributed by atoms with Gasteiger partial charge in [0.1, 0.15) is 11.7 Å². The van der Waals surface area contributed by atoms with Crippen LogP contribution in [0.25, 0.3) is 0 Å². The third kappa shape index (κ3) is 3.92. The summed E-state index contributed by atoms with van der Waals surface area (Å²) < 4.78 is 18.0. The summed E-state index contributed by atoms with van der Waals surface area (Å²) in [6.45, 7) is 0.291. The number of carbonyl (C=O) groups is 1. The molecule has 0 aliphatic carbocycles. The highest BCUT2D eigenvalue weighted by Crippen LogP contribution is 2.21. The van der Waals surface area contributed by atoms with Crippen molar-refractivity contribution >= 4 is 23.2 Å². The van der Waals surface area contributed by atoms with Crippen LogP contribution in [0.2, 0.25) is 0 Å². The monoisotopic (exact) mass is 308 g/mol. The van der Waals surface area contributed by atoms with Crippen molar-refractivity contribution in [2.45, 2.75) is 6.54 Å². The van der Waals surface area contributed by atoms with Crippen molar-refractivity contribution in [3.8, 4) is 5.88 Å². The molecule has 0 radical (unpaired) electrons. The van der Waals surface area contributed by atoms with Gasteiger partial charge in [-0.15, -0.1) is 11.6 Å². The molecule has 4 nitrogen and oxygen atoms in total. The number of aromatic nitrogens is 1. The Bertz CT molecular complexity index is 619. The molecule has 1 aromatic heterocycles. The third-order valence-corrected chi connectivity index (χ3v) is 3.14. The summed E-state index contributed by atoms with van der Waals surface area (Å²) in [4.78, 5) is 17.5. The number of hydrogen-bond donors (Lipinski definition) is 0. The number of anilines is 1. The van der Waals surface area contributed by atoms with Gasteiger partial charge < -0.3 is 9.64 Å². The second-order valence-corrected chi connectivity index (χ2v) is 4.56. The van der Waals surface area contributed by atoms with E-state index in [9.17, 15) is 9.18 Å². The lowest BCUT2D eigenvalue weighted by molar-refractivity contribution is -0.116. The Balaban J connectivity index is 2.29. The lowest BCUT2D eigenvalue weighted by Crippen LogP contribution is -2.31. The Hall–Kier alpha value is -2.14. The average molecular weight is 309 g/mol. The maximum Gasteiger partial charge on any atom is 0.242 e. The Morgan fingerprint density at radius 2 is 2.05 bits per heavy atom. The first-order valence-electron chi connectivity index (χ1n) is 6.25. The third-order valence-electron chi connectivity index (χ3n) is 2.91. The summed E-state index contributed by atoms with van der Waals surface area (Å²) in [5.74, 6) is -0.320. The molecule has 21 heavy (non-hydrogen) atoms. The van der Waals surface area contributed by atoms with E-state index in [1.165, 1.54) is 24.1 Å². The number of pyridine rings is 1. The second-order valence-electron chi connectivity index (χ2n) is 4.30. The van der Waals surface area contributed by atoms with E-state index < -0.39 is 0 Å². The van der Waals surface area contributed by atoms with E-state index in [2.05, 4.69) is 4.98 Å². The number of alkyl halides is 1. The van der Waals surface area contributed by atoms with Gasteiger partial charge in [0.2, 0.25) is 11.8 Å². The summed E-state index contributed by atoms with van der Waals surface area (Å²) in [6, 6.07) is 9.30. The molecule has 1 aromatic carbocycles. The van der Waals surface area contributed by atoms with Crippen molar-refractivity contribution in [2.24, 2.45) is 0 Å². The largest absolute Gasteiger partial charge is 0.481 e. The second kappa shape index (κ2) is 7.04. The maximum absolute atomic E-state index is 12.9. The van der Waals surface area contributed by atoms with Gasteiger partial charge in [-0.2, -0.15) is 0 Å². The van der Waals surface area contributed by atoms with Crippen LogP contribution in [0.5, 0.6) is 5.88 Å². The van der Waals surface area contributed by atoms with E-state index in [-0.39, 0.29) is 17.6 Å². The minimum absolute atomic E-state index is 0.147. The minimum Gasteiger partial charge on any atom is -0.481 e. The van der Waals surface area contributed by atoms with Crippen LogP contribution < -0.4 is 9.64 Å². The number of nitrogens with zero attached hydrogens (tertiary/aromatic N) is 2. The van der Waals surface area contributed by atoms with Crippen LogP contribution in [0.3, 0.4) is 0 Å². The molecule has 0 fully saturated rings. The molecule has 0 N–H and O–H groups in total. The SMILES string of the molecule is COc1cc(N(Cc2ccc(F)cc2)C(=O)CCl)ccn1. The van der Waals surface area contributed by atoms with Gasteiger partial charge in [-0.25, -0.2) is 9.37 Å². The highest BCUT2D eigenvalue weighted by molar-refractivity contribution is 6.29. The van der Waals surface area contributed by atoms with Crippen LogP contribution in [0, 0.1) is 5.82 Å². The van der Waals surface area contributed by atoms with Crippen molar-refractivity contribution in [2.75, 3.05) is 17.9 Å². The number of carbonyl (C=O) groups excluding carboxylic acids is 1. The highest BCUT2D eigenvalue weighted by atomic mass is 35.5. The summed E-state index contributed by atoms with van der Waals surface area (Å²) in [6.07, 6.45) is 1.55. The zero-order valence-electron chi connectivity index (χ0n) is 11.4. The molecular weight excluding hydrogens is 295 g/mol. The smallest absolute Gasteiger partial charge is 0.242 e. The topological polar surface area (TPSA) is 42.4 Å². The molecule has 0 atom stereocenters. The van der Waals surface area contributed by atoms with E-state index in [1.54, 1.807) is 30.5 Å². The number of amides is 1. The maximum atomic E-state index is 12.9. The summed E-state index contributed by atoms with van der Waals surface area (Å²) >= 11 is 5.66. The average Bonchev–Trinajstić information content (AvgIpc) is 2.53. The van der Waals surface area contributed by atoms with Gasteiger partial charge in [0.05, 0.1) is 19.3 Å². The first-order valence-corrected chi connectivity index (χ1v) is 6.78. The van der Waals surface area contributed by atoms with E-state index in [4.69, 9.17) is 16.3 Å². The van der Waals surface area contributed by atoms with E-state index >= 15 is 0 Å². The van der Waals surface area contributed by atoms with Gasteiger partial charge in [0.15, 0.2) is 0 Å². The van der Waals surface area contributed by atoms with Gasteiger partial charge in [-0.3, -0.25) is 4.79 Å². The Labute approximate surface area is 127 Å².